The van der Waals surface area contributed by atoms with Crippen molar-refractivity contribution in [1.82, 2.24) is 4.90 Å². The van der Waals surface area contributed by atoms with Crippen molar-refractivity contribution < 1.29 is 9.53 Å². The Balaban J connectivity index is 1.61. The number of hydrogen-bond acceptors (Lipinski definition) is 2. The molecule has 1 fully saturated rings. The highest BCUT2D eigenvalue weighted by Crippen LogP contribution is 2.24. The van der Waals surface area contributed by atoms with Gasteiger partial charge in [-0.25, -0.2) is 0 Å². The maximum Gasteiger partial charge on any atom is 0.255 e. The van der Waals surface area contributed by atoms with Gasteiger partial charge in [0.2, 0.25) is 0 Å². The van der Waals surface area contributed by atoms with Gasteiger partial charge in [0, 0.05) is 23.1 Å². The number of ether oxygens (including phenoxy) is 1. The number of amides is 1. The maximum atomic E-state index is 12.7. The van der Waals surface area contributed by atoms with Crippen LogP contribution < -0.4 is 0 Å². The minimum Gasteiger partial charge on any atom is -0.372 e. The topological polar surface area (TPSA) is 29.5 Å². The van der Waals surface area contributed by atoms with Crippen LogP contribution >= 0.6 is 34.8 Å². The lowest BCUT2D eigenvalue weighted by Gasteiger charge is -2.33. The molecule has 1 atom stereocenters. The Hall–Kier alpha value is -1.26. The number of nitrogens with zero attached hydrogens (tertiary/aromatic N) is 1. The predicted octanol–water partition coefficient (Wildman–Crippen LogP) is 5.47. The number of rotatable bonds is 4. The first kappa shape index (κ1) is 18.5. The van der Waals surface area contributed by atoms with Crippen molar-refractivity contribution in [2.24, 2.45) is 0 Å². The number of carbonyl (C=O) groups is 1. The minimum atomic E-state index is -0.0854. The molecule has 1 heterocycles. The molecule has 1 amide bonds. The standard InChI is InChI=1S/C19H18Cl3NO2/c20-14-4-1-3-13(9-14)12-25-16-5-2-8-23(11-16)19(24)17-7-6-15(21)10-18(17)22/h1,3-4,6-7,9-10,16H,2,5,8,11-12H2/t16-/m0/s1. The number of piperidine rings is 1. The fourth-order valence-electron chi connectivity index (χ4n) is 2.93. The van der Waals surface area contributed by atoms with Crippen LogP contribution in [0, 0.1) is 0 Å². The van der Waals surface area contributed by atoms with E-state index in [2.05, 4.69) is 0 Å². The third-order valence-corrected chi connectivity index (χ3v) is 4.98. The van der Waals surface area contributed by atoms with E-state index >= 15 is 0 Å². The molecule has 1 aliphatic rings. The molecule has 0 saturated carbocycles. The molecule has 2 aromatic rings. The van der Waals surface area contributed by atoms with Gasteiger partial charge >= 0.3 is 0 Å². The summed E-state index contributed by atoms with van der Waals surface area (Å²) in [4.78, 5) is 14.5. The van der Waals surface area contributed by atoms with E-state index in [0.29, 0.717) is 40.3 Å². The van der Waals surface area contributed by atoms with E-state index in [1.54, 1.807) is 23.1 Å². The number of likely N-dealkylation sites (tertiary alicyclic amines) is 1. The Morgan fingerprint density at radius 3 is 2.68 bits per heavy atom. The molecule has 0 spiro atoms. The molecule has 132 valence electrons. The molecule has 25 heavy (non-hydrogen) atoms. The summed E-state index contributed by atoms with van der Waals surface area (Å²) >= 11 is 18.1. The average Bonchev–Trinajstić information content (AvgIpc) is 2.60. The first-order chi connectivity index (χ1) is 12.0. The largest absolute Gasteiger partial charge is 0.372 e. The molecule has 0 bridgehead atoms. The van der Waals surface area contributed by atoms with E-state index in [0.717, 1.165) is 18.4 Å². The molecule has 6 heteroatoms. The van der Waals surface area contributed by atoms with Crippen molar-refractivity contribution in [2.45, 2.75) is 25.6 Å². The monoisotopic (exact) mass is 397 g/mol. The van der Waals surface area contributed by atoms with Gasteiger partial charge < -0.3 is 9.64 Å². The maximum absolute atomic E-state index is 12.7. The highest BCUT2D eigenvalue weighted by molar-refractivity contribution is 6.36. The smallest absolute Gasteiger partial charge is 0.255 e. The summed E-state index contributed by atoms with van der Waals surface area (Å²) in [5, 5.41) is 1.58. The Bertz CT molecular complexity index is 766. The predicted molar refractivity (Wildman–Crippen MR) is 102 cm³/mol. The van der Waals surface area contributed by atoms with Crippen LogP contribution in [-0.4, -0.2) is 30.0 Å². The Morgan fingerprint density at radius 2 is 1.92 bits per heavy atom. The molecule has 1 aliphatic heterocycles. The Morgan fingerprint density at radius 1 is 1.12 bits per heavy atom. The van der Waals surface area contributed by atoms with Crippen LogP contribution in [0.3, 0.4) is 0 Å². The van der Waals surface area contributed by atoms with Gasteiger partial charge in [0.05, 0.1) is 23.3 Å². The van der Waals surface area contributed by atoms with Crippen molar-refractivity contribution in [2.75, 3.05) is 13.1 Å². The number of benzene rings is 2. The summed E-state index contributed by atoms with van der Waals surface area (Å²) < 4.78 is 5.98. The minimum absolute atomic E-state index is 0.00255. The zero-order valence-electron chi connectivity index (χ0n) is 13.6. The van der Waals surface area contributed by atoms with E-state index in [1.807, 2.05) is 24.3 Å². The van der Waals surface area contributed by atoms with E-state index in [1.165, 1.54) is 0 Å². The van der Waals surface area contributed by atoms with Crippen LogP contribution in [0.25, 0.3) is 0 Å². The van der Waals surface area contributed by atoms with Crippen LogP contribution in [0.1, 0.15) is 28.8 Å². The fraction of sp³-hybridized carbons (Fsp3) is 0.316. The molecular formula is C19H18Cl3NO2. The number of carbonyl (C=O) groups excluding carboxylic acids is 1. The summed E-state index contributed by atoms with van der Waals surface area (Å²) in [6, 6.07) is 12.5. The van der Waals surface area contributed by atoms with Gasteiger partial charge in [0.1, 0.15) is 0 Å². The molecule has 2 aromatic carbocycles. The Labute approximate surface area is 162 Å². The summed E-state index contributed by atoms with van der Waals surface area (Å²) in [6.45, 7) is 1.74. The van der Waals surface area contributed by atoms with Crippen molar-refractivity contribution in [3.8, 4) is 0 Å². The van der Waals surface area contributed by atoms with Crippen LogP contribution in [0.5, 0.6) is 0 Å². The summed E-state index contributed by atoms with van der Waals surface area (Å²) in [7, 11) is 0. The Kier molecular flexibility index (Phi) is 6.24. The first-order valence-corrected chi connectivity index (χ1v) is 9.26. The van der Waals surface area contributed by atoms with Gasteiger partial charge in [-0.2, -0.15) is 0 Å². The zero-order valence-corrected chi connectivity index (χ0v) is 15.8. The molecule has 0 radical (unpaired) electrons. The third-order valence-electron chi connectivity index (χ3n) is 4.20. The third kappa shape index (κ3) is 4.89. The van der Waals surface area contributed by atoms with Gasteiger partial charge in [0.15, 0.2) is 0 Å². The van der Waals surface area contributed by atoms with E-state index in [-0.39, 0.29) is 12.0 Å². The average molecular weight is 399 g/mol. The quantitative estimate of drug-likeness (QED) is 0.683. The second kappa shape index (κ2) is 8.41. The lowest BCUT2D eigenvalue weighted by atomic mass is 10.1. The van der Waals surface area contributed by atoms with Gasteiger partial charge in [-0.1, -0.05) is 46.9 Å². The lowest BCUT2D eigenvalue weighted by Crippen LogP contribution is -2.43. The molecule has 0 unspecified atom stereocenters. The van der Waals surface area contributed by atoms with Crippen LogP contribution in [-0.2, 0) is 11.3 Å². The normalized spacial score (nSPS) is 17.6. The van der Waals surface area contributed by atoms with Crippen molar-refractivity contribution in [1.29, 1.82) is 0 Å². The molecule has 3 nitrogen and oxygen atoms in total. The molecule has 0 aliphatic carbocycles. The highest BCUT2D eigenvalue weighted by atomic mass is 35.5. The molecular weight excluding hydrogens is 381 g/mol. The van der Waals surface area contributed by atoms with E-state index in [9.17, 15) is 4.79 Å². The van der Waals surface area contributed by atoms with Crippen molar-refractivity contribution in [3.05, 3.63) is 68.7 Å². The van der Waals surface area contributed by atoms with E-state index < -0.39 is 0 Å². The van der Waals surface area contributed by atoms with Crippen molar-refractivity contribution in [3.63, 3.8) is 0 Å². The SMILES string of the molecule is O=C(c1ccc(Cl)cc1Cl)N1CCC[C@H](OCc2cccc(Cl)c2)C1. The number of halogens is 3. The van der Waals surface area contributed by atoms with E-state index in [4.69, 9.17) is 39.5 Å². The van der Waals surface area contributed by atoms with Crippen LogP contribution in [0.15, 0.2) is 42.5 Å². The van der Waals surface area contributed by atoms with Crippen LogP contribution in [0.2, 0.25) is 15.1 Å². The van der Waals surface area contributed by atoms with Gasteiger partial charge in [-0.15, -0.1) is 0 Å². The molecule has 1 saturated heterocycles. The molecule has 3 rings (SSSR count). The van der Waals surface area contributed by atoms with Crippen molar-refractivity contribution >= 4 is 40.7 Å². The van der Waals surface area contributed by atoms with Crippen LogP contribution in [0.4, 0.5) is 0 Å². The van der Waals surface area contributed by atoms with Gasteiger partial charge in [0.25, 0.3) is 5.91 Å². The second-order valence-corrected chi connectivity index (χ2v) is 7.36. The lowest BCUT2D eigenvalue weighted by molar-refractivity contribution is -0.00672. The first-order valence-electron chi connectivity index (χ1n) is 8.13. The summed E-state index contributed by atoms with van der Waals surface area (Å²) in [5.74, 6) is -0.0854. The fourth-order valence-corrected chi connectivity index (χ4v) is 3.63. The van der Waals surface area contributed by atoms with Gasteiger partial charge in [-0.05, 0) is 48.7 Å². The molecule has 0 aromatic heterocycles. The highest BCUT2D eigenvalue weighted by Gasteiger charge is 2.26. The second-order valence-electron chi connectivity index (χ2n) is 6.08. The molecule has 0 N–H and O–H groups in total. The number of hydrogen-bond donors (Lipinski definition) is 0. The summed E-state index contributed by atoms with van der Waals surface area (Å²) in [5.41, 5.74) is 1.50. The van der Waals surface area contributed by atoms with Gasteiger partial charge in [-0.3, -0.25) is 4.79 Å². The zero-order chi connectivity index (χ0) is 17.8. The summed E-state index contributed by atoms with van der Waals surface area (Å²) in [6.07, 6.45) is 1.83.